The van der Waals surface area contributed by atoms with Crippen LogP contribution in [0.25, 0.3) is 5.65 Å². The van der Waals surface area contributed by atoms with E-state index >= 15 is 0 Å². The van der Waals surface area contributed by atoms with Gasteiger partial charge in [-0.2, -0.15) is 0 Å². The molecule has 0 aliphatic rings. The lowest BCUT2D eigenvalue weighted by Crippen LogP contribution is -1.97. The van der Waals surface area contributed by atoms with Gasteiger partial charge in [-0.15, -0.1) is 0 Å². The second-order valence-corrected chi connectivity index (χ2v) is 5.37. The molecule has 0 unspecified atom stereocenters. The Morgan fingerprint density at radius 2 is 2.00 bits per heavy atom. The Morgan fingerprint density at radius 3 is 2.64 bits per heavy atom. The molecule has 0 amide bonds. The molecule has 74 valence electrons. The number of rotatable bonds is 1. The first-order valence-electron chi connectivity index (χ1n) is 3.42. The van der Waals surface area contributed by atoms with Crippen molar-refractivity contribution in [1.82, 2.24) is 14.4 Å². The lowest BCUT2D eigenvalue weighted by atomic mass is 10.7. The van der Waals surface area contributed by atoms with E-state index in [1.807, 2.05) is 0 Å². The molecule has 0 saturated carbocycles. The zero-order chi connectivity index (χ0) is 10.3. The quantitative estimate of drug-likeness (QED) is 0.718. The van der Waals surface area contributed by atoms with Crippen LogP contribution < -0.4 is 0 Å². The molecule has 0 spiro atoms. The fourth-order valence-corrected chi connectivity index (χ4v) is 2.07. The molecule has 2 rings (SSSR count). The average molecular weight is 252 g/mol. The van der Waals surface area contributed by atoms with Crippen LogP contribution in [0.4, 0.5) is 0 Å². The van der Waals surface area contributed by atoms with E-state index in [0.29, 0.717) is 5.65 Å². The van der Waals surface area contributed by atoms with Crippen LogP contribution >= 0.6 is 22.3 Å². The Kier molecular flexibility index (Phi) is 2.13. The van der Waals surface area contributed by atoms with Crippen LogP contribution in [0.3, 0.4) is 0 Å². The minimum absolute atomic E-state index is 0.126. The van der Waals surface area contributed by atoms with Crippen LogP contribution in [0, 0.1) is 0 Å². The molecule has 0 N–H and O–H groups in total. The van der Waals surface area contributed by atoms with Gasteiger partial charge in [-0.1, -0.05) is 11.6 Å². The molecular formula is C6H3Cl2N3O2S. The molecule has 0 aliphatic heterocycles. The molecule has 0 fully saturated rings. The van der Waals surface area contributed by atoms with Gasteiger partial charge in [0, 0.05) is 16.9 Å². The molecule has 0 bridgehead atoms. The third kappa shape index (κ3) is 1.56. The third-order valence-electron chi connectivity index (χ3n) is 1.58. The van der Waals surface area contributed by atoms with Gasteiger partial charge in [-0.05, 0) is 0 Å². The molecule has 8 heteroatoms. The summed E-state index contributed by atoms with van der Waals surface area (Å²) in [7, 11) is 1.36. The van der Waals surface area contributed by atoms with Gasteiger partial charge in [0.05, 0.1) is 12.4 Å². The van der Waals surface area contributed by atoms with Crippen molar-refractivity contribution in [3.05, 3.63) is 23.7 Å². The van der Waals surface area contributed by atoms with Crippen molar-refractivity contribution in [3.8, 4) is 0 Å². The SMILES string of the molecule is O=S(=O)(Cl)c1cnc2cnc(Cl)cn12. The zero-order valence-electron chi connectivity index (χ0n) is 6.55. The number of hydrogen-bond acceptors (Lipinski definition) is 4. The van der Waals surface area contributed by atoms with E-state index in [4.69, 9.17) is 22.3 Å². The predicted molar refractivity (Wildman–Crippen MR) is 51.0 cm³/mol. The van der Waals surface area contributed by atoms with Crippen molar-refractivity contribution in [2.75, 3.05) is 0 Å². The van der Waals surface area contributed by atoms with Crippen LogP contribution in [0.2, 0.25) is 5.15 Å². The second-order valence-electron chi connectivity index (χ2n) is 2.47. The van der Waals surface area contributed by atoms with Crippen molar-refractivity contribution >= 4 is 37.0 Å². The van der Waals surface area contributed by atoms with E-state index < -0.39 is 9.05 Å². The molecule has 0 aromatic carbocycles. The minimum atomic E-state index is -3.82. The monoisotopic (exact) mass is 251 g/mol. The van der Waals surface area contributed by atoms with Crippen molar-refractivity contribution < 1.29 is 8.42 Å². The van der Waals surface area contributed by atoms with Gasteiger partial charge in [0.1, 0.15) is 5.15 Å². The fourth-order valence-electron chi connectivity index (χ4n) is 1.02. The maximum absolute atomic E-state index is 11.1. The highest BCUT2D eigenvalue weighted by Crippen LogP contribution is 2.17. The highest BCUT2D eigenvalue weighted by atomic mass is 35.7. The molecule has 0 aliphatic carbocycles. The Balaban J connectivity index is 2.87. The van der Waals surface area contributed by atoms with E-state index in [1.54, 1.807) is 0 Å². The maximum atomic E-state index is 11.1. The first-order valence-corrected chi connectivity index (χ1v) is 6.10. The number of halogens is 2. The highest BCUT2D eigenvalue weighted by Gasteiger charge is 2.16. The summed E-state index contributed by atoms with van der Waals surface area (Å²) in [5.41, 5.74) is 0.369. The van der Waals surface area contributed by atoms with Gasteiger partial charge in [0.25, 0.3) is 9.05 Å². The fraction of sp³-hybridized carbons (Fsp3) is 0. The molecule has 2 aromatic heterocycles. The molecule has 2 heterocycles. The lowest BCUT2D eigenvalue weighted by Gasteiger charge is -1.96. The summed E-state index contributed by atoms with van der Waals surface area (Å²) >= 11 is 5.60. The molecule has 0 saturated heterocycles. The molecule has 2 aromatic rings. The Hall–Kier alpha value is -0.850. The van der Waals surface area contributed by atoms with Gasteiger partial charge < -0.3 is 0 Å². The van der Waals surface area contributed by atoms with Gasteiger partial charge >= 0.3 is 0 Å². The largest absolute Gasteiger partial charge is 0.285 e. The number of fused-ring (bicyclic) bond motifs is 1. The minimum Gasteiger partial charge on any atom is -0.285 e. The molecular weight excluding hydrogens is 249 g/mol. The van der Waals surface area contributed by atoms with Crippen LogP contribution in [0.5, 0.6) is 0 Å². The first-order chi connectivity index (χ1) is 6.48. The second kappa shape index (κ2) is 3.08. The van der Waals surface area contributed by atoms with Crippen LogP contribution in [-0.2, 0) is 9.05 Å². The predicted octanol–water partition coefficient (Wildman–Crippen LogP) is 1.31. The Labute approximate surface area is 88.7 Å². The number of nitrogens with zero attached hydrogens (tertiary/aromatic N) is 3. The maximum Gasteiger partial charge on any atom is 0.278 e. The smallest absolute Gasteiger partial charge is 0.278 e. The Bertz CT molecular complexity index is 592. The summed E-state index contributed by atoms with van der Waals surface area (Å²) in [4.78, 5) is 7.55. The van der Waals surface area contributed by atoms with E-state index in [2.05, 4.69) is 9.97 Å². The van der Waals surface area contributed by atoms with Crippen molar-refractivity contribution in [2.24, 2.45) is 0 Å². The number of imidazole rings is 1. The third-order valence-corrected chi connectivity index (χ3v) is 3.05. The summed E-state index contributed by atoms with van der Waals surface area (Å²) in [6, 6.07) is 0. The summed E-state index contributed by atoms with van der Waals surface area (Å²) < 4.78 is 23.4. The molecule has 0 atom stereocenters. The van der Waals surface area contributed by atoms with E-state index in [9.17, 15) is 8.42 Å². The molecule has 0 radical (unpaired) electrons. The van der Waals surface area contributed by atoms with Gasteiger partial charge in [0.15, 0.2) is 10.7 Å². The number of hydrogen-bond donors (Lipinski definition) is 0. The first kappa shape index (κ1) is 9.70. The van der Waals surface area contributed by atoms with Gasteiger partial charge in [0.2, 0.25) is 0 Å². The Morgan fingerprint density at radius 1 is 1.29 bits per heavy atom. The van der Waals surface area contributed by atoms with E-state index in [-0.39, 0.29) is 10.2 Å². The van der Waals surface area contributed by atoms with Gasteiger partial charge in [-0.25, -0.2) is 18.4 Å². The lowest BCUT2D eigenvalue weighted by molar-refractivity contribution is 0.605. The van der Waals surface area contributed by atoms with Crippen LogP contribution in [0.1, 0.15) is 0 Å². The molecule has 14 heavy (non-hydrogen) atoms. The number of aromatic nitrogens is 3. The van der Waals surface area contributed by atoms with Crippen LogP contribution in [0.15, 0.2) is 23.6 Å². The topological polar surface area (TPSA) is 64.3 Å². The zero-order valence-corrected chi connectivity index (χ0v) is 8.88. The van der Waals surface area contributed by atoms with Gasteiger partial charge in [-0.3, -0.25) is 4.40 Å². The van der Waals surface area contributed by atoms with Crippen molar-refractivity contribution in [3.63, 3.8) is 0 Å². The summed E-state index contributed by atoms with van der Waals surface area (Å²) in [6.07, 6.45) is 3.84. The van der Waals surface area contributed by atoms with Crippen LogP contribution in [-0.4, -0.2) is 22.8 Å². The average Bonchev–Trinajstić information content (AvgIpc) is 2.45. The summed E-state index contributed by atoms with van der Waals surface area (Å²) in [5, 5.41) is 0.0375. The normalized spacial score (nSPS) is 12.1. The highest BCUT2D eigenvalue weighted by molar-refractivity contribution is 8.13. The summed E-state index contributed by atoms with van der Waals surface area (Å²) in [5.74, 6) is 0. The standard InChI is InChI=1S/C6H3Cl2N3O2S/c7-4-3-11-5(1-9-4)10-2-6(11)14(8,12)13/h1-3H. The van der Waals surface area contributed by atoms with Crippen molar-refractivity contribution in [1.29, 1.82) is 0 Å². The van der Waals surface area contributed by atoms with Crippen molar-refractivity contribution in [2.45, 2.75) is 5.03 Å². The van der Waals surface area contributed by atoms with E-state index in [1.165, 1.54) is 16.8 Å². The molecule has 5 nitrogen and oxygen atoms in total. The van der Waals surface area contributed by atoms with E-state index in [0.717, 1.165) is 6.20 Å². The summed E-state index contributed by atoms with van der Waals surface area (Å²) in [6.45, 7) is 0.